The van der Waals surface area contributed by atoms with Gasteiger partial charge in [-0.3, -0.25) is 4.68 Å². The van der Waals surface area contributed by atoms with E-state index in [9.17, 15) is 10.2 Å². The van der Waals surface area contributed by atoms with E-state index in [1.54, 1.807) is 4.68 Å². The van der Waals surface area contributed by atoms with Crippen molar-refractivity contribution < 1.29 is 10.2 Å². The summed E-state index contributed by atoms with van der Waals surface area (Å²) in [6.45, 7) is 5.99. The van der Waals surface area contributed by atoms with E-state index >= 15 is 0 Å². The zero-order valence-electron chi connectivity index (χ0n) is 11.5. The molecule has 0 fully saturated rings. The molecule has 0 saturated heterocycles. The Morgan fingerprint density at radius 2 is 1.83 bits per heavy atom. The summed E-state index contributed by atoms with van der Waals surface area (Å²) in [5.41, 5.74) is 1.82. The third-order valence-electron chi connectivity index (χ3n) is 3.59. The molecule has 0 bridgehead atoms. The maximum Gasteiger partial charge on any atom is 0.0857 e. The maximum absolute atomic E-state index is 10.1. The summed E-state index contributed by atoms with van der Waals surface area (Å²) in [6.07, 6.45) is 0.735. The Morgan fingerprint density at radius 1 is 1.28 bits per heavy atom. The van der Waals surface area contributed by atoms with Gasteiger partial charge in [0.05, 0.1) is 28.1 Å². The Morgan fingerprint density at radius 3 is 2.22 bits per heavy atom. The average Bonchev–Trinajstić information content (AvgIpc) is 2.57. The first-order chi connectivity index (χ1) is 8.42. The highest BCUT2D eigenvalue weighted by Gasteiger charge is 2.26. The van der Waals surface area contributed by atoms with Crippen LogP contribution in [0.15, 0.2) is 4.47 Å². The highest BCUT2D eigenvalue weighted by Crippen LogP contribution is 2.24. The van der Waals surface area contributed by atoms with Crippen LogP contribution >= 0.6 is 15.9 Å². The van der Waals surface area contributed by atoms with Crippen molar-refractivity contribution in [1.82, 2.24) is 9.78 Å². The summed E-state index contributed by atoms with van der Waals surface area (Å²) >= 11 is 3.47. The van der Waals surface area contributed by atoms with Gasteiger partial charge in [-0.15, -0.1) is 0 Å². The molecule has 2 atom stereocenters. The van der Waals surface area contributed by atoms with E-state index < -0.39 is 12.2 Å². The van der Waals surface area contributed by atoms with Gasteiger partial charge in [0, 0.05) is 13.5 Å². The molecule has 18 heavy (non-hydrogen) atoms. The Kier molecular flexibility index (Phi) is 5.82. The molecule has 1 heterocycles. The Balaban J connectivity index is 2.77. The fraction of sp³-hybridized carbons (Fsp3) is 0.769. The van der Waals surface area contributed by atoms with Crippen LogP contribution in [-0.4, -0.2) is 32.2 Å². The number of aliphatic hydroxyl groups is 2. The van der Waals surface area contributed by atoms with E-state index in [1.165, 1.54) is 0 Å². The molecule has 2 N–H and O–H groups in total. The summed E-state index contributed by atoms with van der Waals surface area (Å²) in [4.78, 5) is 0. The molecule has 5 heteroatoms. The minimum absolute atomic E-state index is 0.146. The Bertz CT molecular complexity index is 389. The molecule has 104 valence electrons. The van der Waals surface area contributed by atoms with Crippen LogP contribution in [0.4, 0.5) is 0 Å². The normalized spacial score (nSPS) is 15.1. The van der Waals surface area contributed by atoms with Crippen LogP contribution in [0, 0.1) is 12.8 Å². The molecule has 0 aliphatic rings. The molecule has 0 radical (unpaired) electrons. The summed E-state index contributed by atoms with van der Waals surface area (Å²) in [7, 11) is 1.85. The molecular formula is C13H23BrN2O2. The van der Waals surface area contributed by atoms with Crippen molar-refractivity contribution in [1.29, 1.82) is 0 Å². The van der Waals surface area contributed by atoms with Crippen molar-refractivity contribution in [3.8, 4) is 0 Å². The van der Waals surface area contributed by atoms with Gasteiger partial charge in [0.15, 0.2) is 0 Å². The quantitative estimate of drug-likeness (QED) is 0.845. The predicted molar refractivity (Wildman–Crippen MR) is 75.4 cm³/mol. The van der Waals surface area contributed by atoms with Crippen molar-refractivity contribution in [2.24, 2.45) is 13.0 Å². The van der Waals surface area contributed by atoms with Gasteiger partial charge >= 0.3 is 0 Å². The fourth-order valence-corrected chi connectivity index (χ4v) is 2.80. The van der Waals surface area contributed by atoms with Gasteiger partial charge in [-0.05, 0) is 28.8 Å². The lowest BCUT2D eigenvalue weighted by Crippen LogP contribution is -2.35. The molecule has 4 nitrogen and oxygen atoms in total. The first-order valence-corrected chi connectivity index (χ1v) is 7.25. The van der Waals surface area contributed by atoms with Gasteiger partial charge in [-0.25, -0.2) is 0 Å². The van der Waals surface area contributed by atoms with Gasteiger partial charge in [-0.2, -0.15) is 5.10 Å². The third-order valence-corrected chi connectivity index (χ3v) is 4.62. The van der Waals surface area contributed by atoms with E-state index in [0.717, 1.165) is 28.7 Å². The van der Waals surface area contributed by atoms with Crippen LogP contribution in [-0.2, 0) is 13.5 Å². The summed E-state index contributed by atoms with van der Waals surface area (Å²) in [5, 5.41) is 24.6. The SMILES string of the molecule is CCC(CC)C(O)C(O)Cc1c(Br)c(C)nn1C. The van der Waals surface area contributed by atoms with Crippen molar-refractivity contribution in [2.75, 3.05) is 0 Å². The number of aryl methyl sites for hydroxylation is 2. The predicted octanol–water partition coefficient (Wildman–Crippen LogP) is 2.19. The van der Waals surface area contributed by atoms with E-state index in [4.69, 9.17) is 0 Å². The lowest BCUT2D eigenvalue weighted by Gasteiger charge is -2.25. The molecule has 0 aliphatic carbocycles. The minimum atomic E-state index is -0.749. The topological polar surface area (TPSA) is 58.3 Å². The summed E-state index contributed by atoms with van der Waals surface area (Å²) < 4.78 is 2.67. The van der Waals surface area contributed by atoms with Crippen molar-refractivity contribution in [3.63, 3.8) is 0 Å². The number of nitrogens with zero attached hydrogens (tertiary/aromatic N) is 2. The molecule has 0 aromatic carbocycles. The lowest BCUT2D eigenvalue weighted by atomic mass is 9.91. The molecule has 0 saturated carbocycles. The molecule has 1 aromatic rings. The average molecular weight is 319 g/mol. The molecular weight excluding hydrogens is 296 g/mol. The summed E-state index contributed by atoms with van der Waals surface area (Å²) in [6, 6.07) is 0. The molecule has 0 spiro atoms. The molecule has 1 aromatic heterocycles. The second-order valence-electron chi connectivity index (χ2n) is 4.81. The van der Waals surface area contributed by atoms with Crippen LogP contribution < -0.4 is 0 Å². The number of halogens is 1. The van der Waals surface area contributed by atoms with E-state index in [-0.39, 0.29) is 5.92 Å². The van der Waals surface area contributed by atoms with E-state index in [2.05, 4.69) is 21.0 Å². The highest BCUT2D eigenvalue weighted by molar-refractivity contribution is 9.10. The number of hydrogen-bond donors (Lipinski definition) is 2. The van der Waals surface area contributed by atoms with E-state index in [0.29, 0.717) is 6.42 Å². The summed E-state index contributed by atoms with van der Waals surface area (Å²) in [5.74, 6) is 0.146. The minimum Gasteiger partial charge on any atom is -0.390 e. The van der Waals surface area contributed by atoms with Crippen LogP contribution in [0.2, 0.25) is 0 Å². The molecule has 1 rings (SSSR count). The van der Waals surface area contributed by atoms with Gasteiger partial charge in [-0.1, -0.05) is 26.7 Å². The van der Waals surface area contributed by atoms with Gasteiger partial charge in [0.25, 0.3) is 0 Å². The van der Waals surface area contributed by atoms with Crippen molar-refractivity contribution >= 4 is 15.9 Å². The smallest absolute Gasteiger partial charge is 0.0857 e. The first kappa shape index (κ1) is 15.7. The largest absolute Gasteiger partial charge is 0.390 e. The first-order valence-electron chi connectivity index (χ1n) is 6.46. The van der Waals surface area contributed by atoms with E-state index in [1.807, 2.05) is 27.8 Å². The lowest BCUT2D eigenvalue weighted by molar-refractivity contribution is -0.0196. The number of aromatic nitrogens is 2. The second kappa shape index (κ2) is 6.68. The van der Waals surface area contributed by atoms with Gasteiger partial charge in [0.2, 0.25) is 0 Å². The molecule has 0 amide bonds. The molecule has 2 unspecified atom stereocenters. The number of hydrogen-bond acceptors (Lipinski definition) is 3. The van der Waals surface area contributed by atoms with Gasteiger partial charge in [0.1, 0.15) is 0 Å². The van der Waals surface area contributed by atoms with Gasteiger partial charge < -0.3 is 10.2 Å². The Labute approximate surface area is 117 Å². The third kappa shape index (κ3) is 3.33. The molecule has 0 aliphatic heterocycles. The highest BCUT2D eigenvalue weighted by atomic mass is 79.9. The van der Waals surface area contributed by atoms with Crippen LogP contribution in [0.3, 0.4) is 0 Å². The van der Waals surface area contributed by atoms with Crippen molar-refractivity contribution in [3.05, 3.63) is 15.9 Å². The Hall–Kier alpha value is -0.390. The fourth-order valence-electron chi connectivity index (χ4n) is 2.31. The van der Waals surface area contributed by atoms with Crippen LogP contribution in [0.25, 0.3) is 0 Å². The monoisotopic (exact) mass is 318 g/mol. The standard InChI is InChI=1S/C13H23BrN2O2/c1-5-9(6-2)13(18)11(17)7-10-12(14)8(3)15-16(10)4/h9,11,13,17-18H,5-7H2,1-4H3. The van der Waals surface area contributed by atoms with Crippen LogP contribution in [0.5, 0.6) is 0 Å². The van der Waals surface area contributed by atoms with Crippen LogP contribution in [0.1, 0.15) is 38.1 Å². The number of aliphatic hydroxyl groups excluding tert-OH is 2. The zero-order valence-corrected chi connectivity index (χ0v) is 13.1. The number of rotatable bonds is 6. The second-order valence-corrected chi connectivity index (χ2v) is 5.60. The van der Waals surface area contributed by atoms with Crippen molar-refractivity contribution in [2.45, 2.75) is 52.2 Å². The maximum atomic E-state index is 10.1. The zero-order chi connectivity index (χ0) is 13.9.